The van der Waals surface area contributed by atoms with Gasteiger partial charge in [0, 0.05) is 12.1 Å². The van der Waals surface area contributed by atoms with E-state index in [-0.39, 0.29) is 0 Å². The van der Waals surface area contributed by atoms with Crippen LogP contribution in [-0.2, 0) is 6.42 Å². The van der Waals surface area contributed by atoms with Crippen molar-refractivity contribution in [3.63, 3.8) is 0 Å². The molecule has 0 amide bonds. The third-order valence-electron chi connectivity index (χ3n) is 3.45. The highest BCUT2D eigenvalue weighted by Crippen LogP contribution is 2.21. The number of aromatic amines is 1. The fourth-order valence-corrected chi connectivity index (χ4v) is 2.09. The van der Waals surface area contributed by atoms with E-state index in [9.17, 15) is 0 Å². The highest BCUT2D eigenvalue weighted by atomic mass is 16.5. The molecule has 3 nitrogen and oxygen atoms in total. The highest BCUT2D eigenvalue weighted by Gasteiger charge is 2.07. The molecule has 0 unspecified atom stereocenters. The monoisotopic (exact) mass is 244 g/mol. The molecule has 0 radical (unpaired) electrons. The van der Waals surface area contributed by atoms with Crippen molar-refractivity contribution in [3.8, 4) is 5.75 Å². The van der Waals surface area contributed by atoms with Gasteiger partial charge in [0.05, 0.1) is 12.3 Å². The van der Waals surface area contributed by atoms with Gasteiger partial charge in [0.2, 0.25) is 0 Å². The van der Waals surface area contributed by atoms with Crippen LogP contribution in [-0.4, -0.2) is 16.8 Å². The normalized spacial score (nSPS) is 10.7. The van der Waals surface area contributed by atoms with Crippen LogP contribution in [0, 0.1) is 27.7 Å². The summed E-state index contributed by atoms with van der Waals surface area (Å²) in [5.41, 5.74) is 5.95. The molecule has 96 valence electrons. The molecule has 0 saturated heterocycles. The van der Waals surface area contributed by atoms with Gasteiger partial charge >= 0.3 is 0 Å². The number of aryl methyl sites for hydroxylation is 3. The number of hydrogen-bond donors (Lipinski definition) is 1. The zero-order chi connectivity index (χ0) is 13.1. The second-order valence-corrected chi connectivity index (χ2v) is 4.71. The van der Waals surface area contributed by atoms with Crippen LogP contribution < -0.4 is 4.74 Å². The van der Waals surface area contributed by atoms with E-state index in [4.69, 9.17) is 4.74 Å². The Balaban J connectivity index is 1.99. The second-order valence-electron chi connectivity index (χ2n) is 4.71. The fraction of sp³-hybridized carbons (Fsp3) is 0.400. The topological polar surface area (TPSA) is 37.9 Å². The molecule has 0 aliphatic carbocycles. The Morgan fingerprint density at radius 1 is 1.17 bits per heavy atom. The van der Waals surface area contributed by atoms with Gasteiger partial charge < -0.3 is 4.74 Å². The lowest BCUT2D eigenvalue weighted by atomic mass is 10.1. The summed E-state index contributed by atoms with van der Waals surface area (Å²) in [4.78, 5) is 0. The van der Waals surface area contributed by atoms with Gasteiger partial charge in [0.25, 0.3) is 0 Å². The molecule has 0 fully saturated rings. The van der Waals surface area contributed by atoms with E-state index >= 15 is 0 Å². The predicted molar refractivity (Wildman–Crippen MR) is 73.2 cm³/mol. The van der Waals surface area contributed by atoms with Crippen molar-refractivity contribution in [1.29, 1.82) is 0 Å². The minimum Gasteiger partial charge on any atom is -0.493 e. The summed E-state index contributed by atoms with van der Waals surface area (Å²) in [6.45, 7) is 8.96. The van der Waals surface area contributed by atoms with Crippen LogP contribution in [0.5, 0.6) is 5.75 Å². The molecule has 0 atom stereocenters. The first-order valence-electron chi connectivity index (χ1n) is 6.29. The van der Waals surface area contributed by atoms with Crippen LogP contribution in [0.2, 0.25) is 0 Å². The summed E-state index contributed by atoms with van der Waals surface area (Å²) in [5, 5.41) is 7.19. The lowest BCUT2D eigenvalue weighted by Gasteiger charge is -2.10. The predicted octanol–water partition coefficient (Wildman–Crippen LogP) is 3.26. The molecule has 0 aliphatic rings. The molecule has 0 bridgehead atoms. The maximum atomic E-state index is 5.86. The van der Waals surface area contributed by atoms with Crippen molar-refractivity contribution in [2.75, 3.05) is 6.61 Å². The molecule has 18 heavy (non-hydrogen) atoms. The first-order valence-corrected chi connectivity index (χ1v) is 6.29. The Hall–Kier alpha value is -1.77. The third-order valence-corrected chi connectivity index (χ3v) is 3.45. The maximum absolute atomic E-state index is 5.86. The first-order chi connectivity index (χ1) is 8.59. The average Bonchev–Trinajstić information content (AvgIpc) is 2.66. The van der Waals surface area contributed by atoms with Gasteiger partial charge in [-0.3, -0.25) is 5.10 Å². The molecule has 0 saturated carbocycles. The quantitative estimate of drug-likeness (QED) is 0.896. The van der Waals surface area contributed by atoms with Gasteiger partial charge in [-0.15, -0.1) is 0 Å². The van der Waals surface area contributed by atoms with Crippen molar-refractivity contribution >= 4 is 0 Å². The highest BCUT2D eigenvalue weighted by molar-refractivity contribution is 5.38. The number of H-pyrrole nitrogens is 1. The van der Waals surface area contributed by atoms with E-state index in [2.05, 4.69) is 30.1 Å². The average molecular weight is 244 g/mol. The second kappa shape index (κ2) is 5.25. The van der Waals surface area contributed by atoms with Gasteiger partial charge in [0.1, 0.15) is 5.75 Å². The largest absolute Gasteiger partial charge is 0.493 e. The zero-order valence-corrected chi connectivity index (χ0v) is 11.5. The number of rotatable bonds is 4. The maximum Gasteiger partial charge on any atom is 0.122 e. The summed E-state index contributed by atoms with van der Waals surface area (Å²) >= 11 is 0. The van der Waals surface area contributed by atoms with Crippen LogP contribution in [0.4, 0.5) is 0 Å². The Kier molecular flexibility index (Phi) is 3.70. The molecule has 1 N–H and O–H groups in total. The molecule has 3 heteroatoms. The molecule has 2 aromatic rings. The molecule has 0 spiro atoms. The number of nitrogens with zero attached hydrogens (tertiary/aromatic N) is 1. The van der Waals surface area contributed by atoms with Gasteiger partial charge in [-0.2, -0.15) is 5.10 Å². The Morgan fingerprint density at radius 2 is 1.94 bits per heavy atom. The van der Waals surface area contributed by atoms with Crippen LogP contribution in [0.25, 0.3) is 0 Å². The van der Waals surface area contributed by atoms with Crippen molar-refractivity contribution in [2.24, 2.45) is 0 Å². The van der Waals surface area contributed by atoms with Gasteiger partial charge in [-0.1, -0.05) is 12.1 Å². The minimum atomic E-state index is 0.686. The van der Waals surface area contributed by atoms with Crippen LogP contribution in [0.3, 0.4) is 0 Å². The van der Waals surface area contributed by atoms with Gasteiger partial charge in [-0.25, -0.2) is 0 Å². The van der Waals surface area contributed by atoms with Crippen molar-refractivity contribution < 1.29 is 4.74 Å². The number of benzene rings is 1. The summed E-state index contributed by atoms with van der Waals surface area (Å²) in [5.74, 6) is 0.980. The lowest BCUT2D eigenvalue weighted by molar-refractivity contribution is 0.319. The van der Waals surface area contributed by atoms with E-state index in [1.807, 2.05) is 26.0 Å². The molecule has 1 heterocycles. The van der Waals surface area contributed by atoms with E-state index < -0.39 is 0 Å². The van der Waals surface area contributed by atoms with Crippen molar-refractivity contribution in [3.05, 3.63) is 46.3 Å². The molecular formula is C15H20N2O. The fourth-order valence-electron chi connectivity index (χ4n) is 2.09. The summed E-state index contributed by atoms with van der Waals surface area (Å²) in [7, 11) is 0. The number of nitrogens with one attached hydrogen (secondary N) is 1. The SMILES string of the molecule is Cc1cccc(OCCc2c(C)n[nH]c2C)c1C. The van der Waals surface area contributed by atoms with E-state index in [1.165, 1.54) is 16.7 Å². The van der Waals surface area contributed by atoms with E-state index in [0.29, 0.717) is 6.61 Å². The molecule has 2 rings (SSSR count). The number of hydrogen-bond acceptors (Lipinski definition) is 2. The molecule has 1 aromatic heterocycles. The smallest absolute Gasteiger partial charge is 0.122 e. The lowest BCUT2D eigenvalue weighted by Crippen LogP contribution is -2.04. The van der Waals surface area contributed by atoms with E-state index in [0.717, 1.165) is 23.6 Å². The van der Waals surface area contributed by atoms with Crippen LogP contribution in [0.15, 0.2) is 18.2 Å². The summed E-state index contributed by atoms with van der Waals surface area (Å²) in [6.07, 6.45) is 0.890. The minimum absolute atomic E-state index is 0.686. The number of aromatic nitrogens is 2. The van der Waals surface area contributed by atoms with Crippen LogP contribution in [0.1, 0.15) is 28.1 Å². The third kappa shape index (κ3) is 2.55. The molecular weight excluding hydrogens is 224 g/mol. The Bertz CT molecular complexity index is 524. The standard InChI is InChI=1S/C15H20N2O/c1-10-6-5-7-15(11(10)2)18-9-8-14-12(3)16-17-13(14)4/h5-7H,8-9H2,1-4H3,(H,16,17). The van der Waals surface area contributed by atoms with Crippen molar-refractivity contribution in [2.45, 2.75) is 34.1 Å². The van der Waals surface area contributed by atoms with E-state index in [1.54, 1.807) is 0 Å². The first kappa shape index (κ1) is 12.7. The Morgan fingerprint density at radius 3 is 2.61 bits per heavy atom. The van der Waals surface area contributed by atoms with Gasteiger partial charge in [0.15, 0.2) is 0 Å². The van der Waals surface area contributed by atoms with Crippen molar-refractivity contribution in [1.82, 2.24) is 10.2 Å². The summed E-state index contributed by atoms with van der Waals surface area (Å²) < 4.78 is 5.86. The molecule has 1 aromatic carbocycles. The summed E-state index contributed by atoms with van der Waals surface area (Å²) in [6, 6.07) is 6.16. The number of ether oxygens (including phenoxy) is 1. The molecule has 0 aliphatic heterocycles. The van der Waals surface area contributed by atoms with Crippen LogP contribution >= 0.6 is 0 Å². The zero-order valence-electron chi connectivity index (χ0n) is 11.5. The van der Waals surface area contributed by atoms with Gasteiger partial charge in [-0.05, 0) is 50.5 Å². The Labute approximate surface area is 108 Å².